The molecule has 0 radical (unpaired) electrons. The third-order valence-corrected chi connectivity index (χ3v) is 6.48. The number of carbonyl (C=O) groups excluding carboxylic acids is 2. The van der Waals surface area contributed by atoms with Crippen molar-refractivity contribution in [2.45, 2.75) is 19.1 Å². The molecule has 0 bridgehead atoms. The quantitative estimate of drug-likeness (QED) is 0.0866. The maximum Gasteiger partial charge on any atom is 0.408 e. The van der Waals surface area contributed by atoms with Gasteiger partial charge in [0.05, 0.1) is 18.7 Å². The summed E-state index contributed by atoms with van der Waals surface area (Å²) in [5.41, 5.74) is 3.10. The molecule has 0 spiro atoms. The number of carboxylic acids is 1. The van der Waals surface area contributed by atoms with Gasteiger partial charge in [-0.25, -0.2) is 28.6 Å². The Morgan fingerprint density at radius 3 is 2.32 bits per heavy atom. The van der Waals surface area contributed by atoms with E-state index in [1.807, 2.05) is 4.83 Å². The predicted molar refractivity (Wildman–Crippen MR) is 148 cm³/mol. The van der Waals surface area contributed by atoms with E-state index in [0.29, 0.717) is 23.8 Å². The highest BCUT2D eigenvalue weighted by atomic mass is 32.2. The Bertz CT molecular complexity index is 1380. The topological polar surface area (TPSA) is 198 Å². The first-order valence-corrected chi connectivity index (χ1v) is 14.1. The highest BCUT2D eigenvalue weighted by molar-refractivity contribution is 7.89. The average Bonchev–Trinajstić information content (AvgIpc) is 2.97. The third kappa shape index (κ3) is 11.6. The van der Waals surface area contributed by atoms with E-state index >= 15 is 0 Å². The molecule has 41 heavy (non-hydrogen) atoms. The molecule has 1 aromatic heterocycles. The lowest BCUT2D eigenvalue weighted by molar-refractivity contribution is -0.136. The molecule has 0 aliphatic rings. The van der Waals surface area contributed by atoms with Gasteiger partial charge in [-0.3, -0.25) is 9.59 Å². The Morgan fingerprint density at radius 2 is 1.63 bits per heavy atom. The second-order valence-corrected chi connectivity index (χ2v) is 10.2. The molecule has 1 amide bonds. The summed E-state index contributed by atoms with van der Waals surface area (Å²) in [5.74, 6) is -1.73. The zero-order valence-corrected chi connectivity index (χ0v) is 22.7. The molecule has 1 unspecified atom stereocenters. The van der Waals surface area contributed by atoms with Crippen molar-refractivity contribution >= 4 is 33.8 Å². The molecule has 15 heteroatoms. The fraction of sp³-hybridized carbons (Fsp3) is 0.269. The number of hydrogen-bond acceptors (Lipinski definition) is 11. The maximum absolute atomic E-state index is 13.3. The minimum Gasteiger partial charge on any atom is -0.492 e. The number of amides is 1. The molecule has 3 rings (SSSR count). The van der Waals surface area contributed by atoms with Crippen LogP contribution in [0.2, 0.25) is 0 Å². The maximum atomic E-state index is 13.3. The van der Waals surface area contributed by atoms with E-state index in [0.717, 1.165) is 0 Å². The number of hydrogen-bond donors (Lipinski definition) is 5. The monoisotopic (exact) mass is 586 g/mol. The molecule has 1 heterocycles. The van der Waals surface area contributed by atoms with Gasteiger partial charge in [0.15, 0.2) is 5.78 Å². The van der Waals surface area contributed by atoms with E-state index in [2.05, 4.69) is 26.0 Å². The number of ketones is 1. The molecule has 0 aliphatic carbocycles. The van der Waals surface area contributed by atoms with E-state index in [4.69, 9.17) is 14.6 Å². The van der Waals surface area contributed by atoms with Gasteiger partial charge in [-0.05, 0) is 35.9 Å². The van der Waals surface area contributed by atoms with Gasteiger partial charge in [-0.15, -0.1) is 0 Å². The summed E-state index contributed by atoms with van der Waals surface area (Å²) < 4.78 is 36.0. The summed E-state index contributed by atoms with van der Waals surface area (Å²) in [7, 11) is -4.18. The number of carboxylic acid groups (broad SMARTS) is 1. The number of alkyl carbamates (subject to hydrolysis) is 1. The first kappa shape index (κ1) is 30.9. The standard InChI is InChI=1S/C26H30N6O8S/c33-23(34)11-14-30-32-41(37,38)18-22(31-26(36)40-17-19-5-2-1-3-6-19)24(35)20-7-9-21(10-8-20)39-16-15-29-25-27-12-4-13-28-25/h1-10,12-13,22,30,32H,11,14-18H2,(H,31,36)(H,33,34)(H,27,28,29). The molecule has 1 atom stereocenters. The van der Waals surface area contributed by atoms with Crippen molar-refractivity contribution in [1.29, 1.82) is 0 Å². The number of hydrazine groups is 1. The Hall–Kier alpha value is -4.60. The minimum absolute atomic E-state index is 0.0907. The van der Waals surface area contributed by atoms with Crippen LogP contribution >= 0.6 is 0 Å². The number of rotatable bonds is 17. The second kappa shape index (κ2) is 15.9. The molecule has 14 nitrogen and oxygen atoms in total. The first-order chi connectivity index (χ1) is 19.7. The van der Waals surface area contributed by atoms with Crippen molar-refractivity contribution in [3.8, 4) is 5.75 Å². The van der Waals surface area contributed by atoms with Gasteiger partial charge < -0.3 is 25.2 Å². The van der Waals surface area contributed by atoms with Crippen LogP contribution < -0.4 is 25.6 Å². The number of Topliss-reactive ketones (excluding diaryl/α,β-unsaturated/α-hetero) is 1. The highest BCUT2D eigenvalue weighted by Gasteiger charge is 2.29. The van der Waals surface area contributed by atoms with Gasteiger partial charge in [0.1, 0.15) is 25.0 Å². The fourth-order valence-corrected chi connectivity index (χ4v) is 4.40. The van der Waals surface area contributed by atoms with E-state index in [1.54, 1.807) is 48.8 Å². The summed E-state index contributed by atoms with van der Waals surface area (Å²) in [6.45, 7) is 0.427. The van der Waals surface area contributed by atoms with E-state index in [-0.39, 0.29) is 31.7 Å². The van der Waals surface area contributed by atoms with Crippen molar-refractivity contribution in [2.24, 2.45) is 0 Å². The van der Waals surface area contributed by atoms with Crippen molar-refractivity contribution < 1.29 is 37.4 Å². The van der Waals surface area contributed by atoms with Crippen LogP contribution in [0.1, 0.15) is 22.3 Å². The molecule has 5 N–H and O–H groups in total. The van der Waals surface area contributed by atoms with Crippen LogP contribution in [0.4, 0.5) is 10.7 Å². The average molecular weight is 587 g/mol. The lowest BCUT2D eigenvalue weighted by atomic mass is 10.1. The summed E-state index contributed by atoms with van der Waals surface area (Å²) in [5, 5.41) is 14.0. The summed E-state index contributed by atoms with van der Waals surface area (Å²) in [6.07, 6.45) is 1.89. The number of aliphatic carboxylic acids is 1. The van der Waals surface area contributed by atoms with Crippen LogP contribution in [-0.2, 0) is 26.2 Å². The molecule has 218 valence electrons. The normalized spacial score (nSPS) is 11.7. The first-order valence-electron chi connectivity index (χ1n) is 12.4. The highest BCUT2D eigenvalue weighted by Crippen LogP contribution is 2.14. The van der Waals surface area contributed by atoms with Gasteiger partial charge in [0.2, 0.25) is 16.0 Å². The molecular weight excluding hydrogens is 556 g/mol. The second-order valence-electron chi connectivity index (χ2n) is 8.45. The third-order valence-electron chi connectivity index (χ3n) is 5.26. The number of carbonyl (C=O) groups is 3. The Kier molecular flexibility index (Phi) is 12.0. The molecule has 3 aromatic rings. The number of aromatic nitrogens is 2. The van der Waals surface area contributed by atoms with Gasteiger partial charge in [0, 0.05) is 24.5 Å². The predicted octanol–water partition coefficient (Wildman–Crippen LogP) is 1.34. The summed E-state index contributed by atoms with van der Waals surface area (Å²) in [4.78, 5) is 46.5. The van der Waals surface area contributed by atoms with Crippen LogP contribution in [0, 0.1) is 0 Å². The Balaban J connectivity index is 1.61. The number of nitrogens with one attached hydrogen (secondary N) is 4. The fourth-order valence-electron chi connectivity index (χ4n) is 3.32. The van der Waals surface area contributed by atoms with Crippen molar-refractivity contribution in [2.75, 3.05) is 30.8 Å². The van der Waals surface area contributed by atoms with Crippen LogP contribution in [0.5, 0.6) is 5.75 Å². The van der Waals surface area contributed by atoms with Crippen LogP contribution in [0.3, 0.4) is 0 Å². The van der Waals surface area contributed by atoms with Crippen LogP contribution in [0.15, 0.2) is 73.1 Å². The van der Waals surface area contributed by atoms with Crippen molar-refractivity contribution in [1.82, 2.24) is 25.5 Å². The largest absolute Gasteiger partial charge is 0.492 e. The Labute approximate surface area is 236 Å². The Morgan fingerprint density at radius 1 is 0.927 bits per heavy atom. The van der Waals surface area contributed by atoms with Crippen LogP contribution in [-0.4, -0.2) is 72.8 Å². The SMILES string of the molecule is O=C(O)CCNNS(=O)(=O)CC(NC(=O)OCc1ccccc1)C(=O)c1ccc(OCCNc2ncccn2)cc1. The number of nitrogens with zero attached hydrogens (tertiary/aromatic N) is 2. The smallest absolute Gasteiger partial charge is 0.408 e. The van der Waals surface area contributed by atoms with Gasteiger partial charge in [-0.2, -0.15) is 4.83 Å². The van der Waals surface area contributed by atoms with Gasteiger partial charge >= 0.3 is 12.1 Å². The van der Waals surface area contributed by atoms with Gasteiger partial charge in [-0.1, -0.05) is 30.3 Å². The van der Waals surface area contributed by atoms with E-state index in [1.165, 1.54) is 24.3 Å². The number of benzene rings is 2. The van der Waals surface area contributed by atoms with Gasteiger partial charge in [0.25, 0.3) is 0 Å². The lowest BCUT2D eigenvalue weighted by Gasteiger charge is -2.18. The van der Waals surface area contributed by atoms with E-state index < -0.39 is 39.7 Å². The number of ether oxygens (including phenoxy) is 2. The summed E-state index contributed by atoms with van der Waals surface area (Å²) in [6, 6.07) is 15.0. The molecule has 2 aromatic carbocycles. The lowest BCUT2D eigenvalue weighted by Crippen LogP contribution is -2.50. The van der Waals surface area contributed by atoms with E-state index in [9.17, 15) is 22.8 Å². The molecular formula is C26H30N6O8S. The van der Waals surface area contributed by atoms with Crippen LogP contribution in [0.25, 0.3) is 0 Å². The molecule has 0 saturated carbocycles. The summed E-state index contributed by atoms with van der Waals surface area (Å²) >= 11 is 0. The molecule has 0 saturated heterocycles. The zero-order chi connectivity index (χ0) is 29.5. The van der Waals surface area contributed by atoms with Crippen molar-refractivity contribution in [3.05, 3.63) is 84.2 Å². The minimum atomic E-state index is -4.18. The molecule has 0 aliphatic heterocycles. The van der Waals surface area contributed by atoms with Crippen molar-refractivity contribution in [3.63, 3.8) is 0 Å². The number of sulfonamides is 1. The zero-order valence-electron chi connectivity index (χ0n) is 21.9. The number of anilines is 1. The molecule has 0 fully saturated rings.